The van der Waals surface area contributed by atoms with E-state index in [0.717, 1.165) is 32.5 Å². The molecule has 1 unspecified atom stereocenters. The van der Waals surface area contributed by atoms with Crippen molar-refractivity contribution in [2.45, 2.75) is 46.2 Å². The lowest BCUT2D eigenvalue weighted by Crippen LogP contribution is -2.30. The SMILES string of the molecule is CCNC(c1ccn(CC(=O)N2CCCC2)c1)C(C)C. The summed E-state index contributed by atoms with van der Waals surface area (Å²) >= 11 is 0. The van der Waals surface area contributed by atoms with Gasteiger partial charge in [0.05, 0.1) is 0 Å². The van der Waals surface area contributed by atoms with Crippen LogP contribution in [0.2, 0.25) is 0 Å². The molecule has 1 atom stereocenters. The van der Waals surface area contributed by atoms with Gasteiger partial charge >= 0.3 is 0 Å². The van der Waals surface area contributed by atoms with E-state index in [0.29, 0.717) is 18.5 Å². The van der Waals surface area contributed by atoms with Crippen LogP contribution in [0.3, 0.4) is 0 Å². The first-order chi connectivity index (χ1) is 9.61. The smallest absolute Gasteiger partial charge is 0.242 e. The maximum absolute atomic E-state index is 12.1. The molecule has 2 heterocycles. The minimum Gasteiger partial charge on any atom is -0.345 e. The Bertz CT molecular complexity index is 433. The van der Waals surface area contributed by atoms with E-state index in [-0.39, 0.29) is 5.91 Å². The second kappa shape index (κ2) is 6.93. The number of nitrogens with zero attached hydrogens (tertiary/aromatic N) is 2. The Labute approximate surface area is 122 Å². The normalized spacial score (nSPS) is 16.9. The minimum atomic E-state index is 0.245. The second-order valence-corrected chi connectivity index (χ2v) is 5.98. The third kappa shape index (κ3) is 3.63. The summed E-state index contributed by atoms with van der Waals surface area (Å²) in [4.78, 5) is 14.1. The third-order valence-electron chi connectivity index (χ3n) is 4.00. The Morgan fingerprint density at radius 3 is 2.65 bits per heavy atom. The largest absolute Gasteiger partial charge is 0.345 e. The van der Waals surface area contributed by atoms with Crippen molar-refractivity contribution in [3.05, 3.63) is 24.0 Å². The van der Waals surface area contributed by atoms with Gasteiger partial charge in [0.1, 0.15) is 6.54 Å². The van der Waals surface area contributed by atoms with E-state index in [1.54, 1.807) is 0 Å². The number of nitrogens with one attached hydrogen (secondary N) is 1. The number of carbonyl (C=O) groups is 1. The van der Waals surface area contributed by atoms with E-state index < -0.39 is 0 Å². The Morgan fingerprint density at radius 2 is 2.05 bits per heavy atom. The number of carbonyl (C=O) groups excluding carboxylic acids is 1. The fraction of sp³-hybridized carbons (Fsp3) is 0.688. The number of hydrogen-bond acceptors (Lipinski definition) is 2. The van der Waals surface area contributed by atoms with E-state index in [2.05, 4.69) is 38.4 Å². The summed E-state index contributed by atoms with van der Waals surface area (Å²) in [5.74, 6) is 0.786. The van der Waals surface area contributed by atoms with Crippen LogP contribution in [-0.2, 0) is 11.3 Å². The summed E-state index contributed by atoms with van der Waals surface area (Å²) in [6.45, 7) is 9.86. The molecule has 1 aliphatic rings. The molecule has 0 aliphatic carbocycles. The monoisotopic (exact) mass is 277 g/mol. The lowest BCUT2D eigenvalue weighted by atomic mass is 9.98. The van der Waals surface area contributed by atoms with Crippen molar-refractivity contribution < 1.29 is 4.79 Å². The molecule has 2 rings (SSSR count). The van der Waals surface area contributed by atoms with Gasteiger partial charge in [-0.15, -0.1) is 0 Å². The van der Waals surface area contributed by atoms with Crippen molar-refractivity contribution in [3.63, 3.8) is 0 Å². The van der Waals surface area contributed by atoms with Crippen molar-refractivity contribution in [1.29, 1.82) is 0 Å². The first-order valence-corrected chi connectivity index (χ1v) is 7.78. The molecule has 1 saturated heterocycles. The first-order valence-electron chi connectivity index (χ1n) is 7.78. The Morgan fingerprint density at radius 1 is 1.35 bits per heavy atom. The molecule has 4 nitrogen and oxygen atoms in total. The van der Waals surface area contributed by atoms with Gasteiger partial charge in [0.25, 0.3) is 0 Å². The van der Waals surface area contributed by atoms with Gasteiger partial charge < -0.3 is 14.8 Å². The highest BCUT2D eigenvalue weighted by molar-refractivity contribution is 5.76. The highest BCUT2D eigenvalue weighted by Crippen LogP contribution is 2.22. The van der Waals surface area contributed by atoms with Crippen LogP contribution < -0.4 is 5.32 Å². The van der Waals surface area contributed by atoms with Gasteiger partial charge in [0, 0.05) is 31.5 Å². The van der Waals surface area contributed by atoms with E-state index in [4.69, 9.17) is 0 Å². The van der Waals surface area contributed by atoms with Crippen LogP contribution in [0, 0.1) is 5.92 Å². The van der Waals surface area contributed by atoms with Gasteiger partial charge in [-0.3, -0.25) is 4.79 Å². The van der Waals surface area contributed by atoms with Crippen molar-refractivity contribution in [3.8, 4) is 0 Å². The molecule has 1 aliphatic heterocycles. The zero-order valence-electron chi connectivity index (χ0n) is 12.9. The topological polar surface area (TPSA) is 37.3 Å². The van der Waals surface area contributed by atoms with Gasteiger partial charge in [0.15, 0.2) is 0 Å². The number of aromatic nitrogens is 1. The molecule has 0 radical (unpaired) electrons. The quantitative estimate of drug-likeness (QED) is 0.867. The summed E-state index contributed by atoms with van der Waals surface area (Å²) < 4.78 is 2.02. The molecular weight excluding hydrogens is 250 g/mol. The van der Waals surface area contributed by atoms with Gasteiger partial charge in [-0.2, -0.15) is 0 Å². The van der Waals surface area contributed by atoms with Gasteiger partial charge in [-0.25, -0.2) is 0 Å². The highest BCUT2D eigenvalue weighted by atomic mass is 16.2. The zero-order chi connectivity index (χ0) is 14.5. The van der Waals surface area contributed by atoms with E-state index in [1.165, 1.54) is 5.56 Å². The van der Waals surface area contributed by atoms with Crippen LogP contribution >= 0.6 is 0 Å². The molecular formula is C16H27N3O. The lowest BCUT2D eigenvalue weighted by molar-refractivity contribution is -0.130. The van der Waals surface area contributed by atoms with Gasteiger partial charge in [-0.1, -0.05) is 20.8 Å². The van der Waals surface area contributed by atoms with Crippen molar-refractivity contribution in [2.75, 3.05) is 19.6 Å². The lowest BCUT2D eigenvalue weighted by Gasteiger charge is -2.20. The average molecular weight is 277 g/mol. The van der Waals surface area contributed by atoms with E-state index in [1.807, 2.05) is 15.7 Å². The molecule has 1 N–H and O–H groups in total. The molecule has 0 spiro atoms. The Hall–Kier alpha value is -1.29. The summed E-state index contributed by atoms with van der Waals surface area (Å²) in [7, 11) is 0. The molecule has 1 fully saturated rings. The molecule has 20 heavy (non-hydrogen) atoms. The molecule has 4 heteroatoms. The van der Waals surface area contributed by atoms with E-state index in [9.17, 15) is 4.79 Å². The third-order valence-corrected chi connectivity index (χ3v) is 4.00. The predicted molar refractivity (Wildman–Crippen MR) is 81.5 cm³/mol. The van der Waals surface area contributed by atoms with Crippen LogP contribution in [0.5, 0.6) is 0 Å². The average Bonchev–Trinajstić information content (AvgIpc) is 3.06. The number of likely N-dealkylation sites (tertiary alicyclic amines) is 1. The van der Waals surface area contributed by atoms with Gasteiger partial charge in [-0.05, 0) is 36.9 Å². The zero-order valence-corrected chi connectivity index (χ0v) is 12.9. The maximum Gasteiger partial charge on any atom is 0.242 e. The summed E-state index contributed by atoms with van der Waals surface area (Å²) in [5.41, 5.74) is 1.27. The molecule has 1 amide bonds. The number of rotatable bonds is 6. The standard InChI is InChI=1S/C16H27N3O/c1-4-17-16(13(2)3)14-7-10-18(11-14)12-15(20)19-8-5-6-9-19/h7,10-11,13,16-17H,4-6,8-9,12H2,1-3H3. The summed E-state index contributed by atoms with van der Waals surface area (Å²) in [6.07, 6.45) is 6.44. The van der Waals surface area contributed by atoms with Crippen molar-refractivity contribution >= 4 is 5.91 Å². The summed E-state index contributed by atoms with van der Waals surface area (Å²) in [5, 5.41) is 3.51. The van der Waals surface area contributed by atoms with Crippen LogP contribution in [0.25, 0.3) is 0 Å². The highest BCUT2D eigenvalue weighted by Gasteiger charge is 2.19. The van der Waals surface area contributed by atoms with Gasteiger partial charge in [0.2, 0.25) is 5.91 Å². The van der Waals surface area contributed by atoms with E-state index >= 15 is 0 Å². The molecule has 112 valence electrons. The molecule has 1 aromatic rings. The maximum atomic E-state index is 12.1. The Balaban J connectivity index is 1.98. The van der Waals surface area contributed by atoms with Crippen LogP contribution in [0.1, 0.15) is 45.2 Å². The van der Waals surface area contributed by atoms with Crippen LogP contribution in [-0.4, -0.2) is 35.0 Å². The van der Waals surface area contributed by atoms with Crippen molar-refractivity contribution in [1.82, 2.24) is 14.8 Å². The van der Waals surface area contributed by atoms with Crippen LogP contribution in [0.4, 0.5) is 0 Å². The number of amides is 1. The van der Waals surface area contributed by atoms with Crippen molar-refractivity contribution in [2.24, 2.45) is 5.92 Å². The first kappa shape index (κ1) is 15.1. The minimum absolute atomic E-state index is 0.245. The molecule has 0 saturated carbocycles. The fourth-order valence-electron chi connectivity index (χ4n) is 2.92. The fourth-order valence-corrected chi connectivity index (χ4v) is 2.92. The molecule has 1 aromatic heterocycles. The van der Waals surface area contributed by atoms with Crippen LogP contribution in [0.15, 0.2) is 18.5 Å². The molecule has 0 bridgehead atoms. The Kier molecular flexibility index (Phi) is 5.24. The molecule has 0 aromatic carbocycles. The summed E-state index contributed by atoms with van der Waals surface area (Å²) in [6, 6.07) is 2.49. The number of hydrogen-bond donors (Lipinski definition) is 1. The second-order valence-electron chi connectivity index (χ2n) is 5.98. The predicted octanol–water partition coefficient (Wildman–Crippen LogP) is 2.42.